The molecule has 0 aliphatic rings. The molecule has 0 fully saturated rings. The van der Waals surface area contributed by atoms with E-state index in [4.69, 9.17) is 3.07 Å². The van der Waals surface area contributed by atoms with Gasteiger partial charge in [-0.3, -0.25) is 0 Å². The average molecular weight is 400 g/mol. The molecule has 0 aliphatic carbocycles. The Morgan fingerprint density at radius 2 is 1.16 bits per heavy atom. The Kier molecular flexibility index (Phi) is 20.1. The van der Waals surface area contributed by atoms with Gasteiger partial charge in [-0.05, 0) is 30.8 Å². The molecule has 0 aromatic carbocycles. The first kappa shape index (κ1) is 20.0. The first-order valence-corrected chi connectivity index (χ1v) is 10.3. The Balaban J connectivity index is 2.88. The van der Waals surface area contributed by atoms with E-state index in [0.29, 0.717) is 0 Å². The zero-order valence-corrected chi connectivity index (χ0v) is 15.8. The van der Waals surface area contributed by atoms with Crippen LogP contribution in [0.2, 0.25) is 0 Å². The first-order chi connectivity index (χ1) is 9.41. The van der Waals surface area contributed by atoms with Gasteiger partial charge in [0.05, 0.1) is 6.61 Å². The van der Waals surface area contributed by atoms with Gasteiger partial charge in [-0.25, -0.2) is 0 Å². The Labute approximate surface area is 139 Å². The first-order valence-electron chi connectivity index (χ1n) is 8.23. The smallest absolute Gasteiger partial charge is 0.109 e. The van der Waals surface area contributed by atoms with Gasteiger partial charge in [-0.1, -0.05) is 64.7 Å². The topological polar surface area (TPSA) is 9.23 Å². The molecule has 0 aromatic heterocycles. The number of hydrogen-bond donors (Lipinski definition) is 0. The average Bonchev–Trinajstić information content (AvgIpc) is 2.43. The lowest BCUT2D eigenvalue weighted by Gasteiger charge is -2.03. The van der Waals surface area contributed by atoms with E-state index in [-0.39, 0.29) is 0 Å². The summed E-state index contributed by atoms with van der Waals surface area (Å²) in [5.41, 5.74) is 0. The molecule has 0 aromatic rings. The van der Waals surface area contributed by atoms with Crippen molar-refractivity contribution in [3.8, 4) is 0 Å². The standard InChI is InChI=1S/C16H33IOS/c1-2-3-4-5-9-12-15-19-16-13-10-7-6-8-11-14-18-17/h2-16H2,1H3. The summed E-state index contributed by atoms with van der Waals surface area (Å²) < 4.78 is 5.02. The van der Waals surface area contributed by atoms with E-state index < -0.39 is 0 Å². The van der Waals surface area contributed by atoms with Crippen molar-refractivity contribution in [1.82, 2.24) is 0 Å². The van der Waals surface area contributed by atoms with Crippen molar-refractivity contribution in [2.24, 2.45) is 0 Å². The summed E-state index contributed by atoms with van der Waals surface area (Å²) >= 11 is 4.15. The molecule has 0 spiro atoms. The van der Waals surface area contributed by atoms with Crippen LogP contribution in [0.1, 0.15) is 84.0 Å². The molecule has 0 atom stereocenters. The number of unbranched alkanes of at least 4 members (excludes halogenated alkanes) is 10. The summed E-state index contributed by atoms with van der Waals surface area (Å²) in [4.78, 5) is 0. The third-order valence-electron chi connectivity index (χ3n) is 3.40. The van der Waals surface area contributed by atoms with E-state index in [0.717, 1.165) is 6.61 Å². The van der Waals surface area contributed by atoms with Crippen LogP contribution in [-0.4, -0.2) is 18.1 Å². The van der Waals surface area contributed by atoms with Crippen molar-refractivity contribution in [1.29, 1.82) is 0 Å². The molecule has 19 heavy (non-hydrogen) atoms. The highest BCUT2D eigenvalue weighted by Gasteiger charge is 1.94. The molecule has 0 radical (unpaired) electrons. The van der Waals surface area contributed by atoms with Crippen LogP contribution >= 0.6 is 34.8 Å². The lowest BCUT2D eigenvalue weighted by Crippen LogP contribution is -1.87. The Morgan fingerprint density at radius 3 is 1.68 bits per heavy atom. The normalized spacial score (nSPS) is 11.1. The SMILES string of the molecule is CCCCCCCCSCCCCCCCCOI. The fraction of sp³-hybridized carbons (Fsp3) is 1.00. The highest BCUT2D eigenvalue weighted by molar-refractivity contribution is 14.1. The molecule has 0 rings (SSSR count). The van der Waals surface area contributed by atoms with Crippen LogP contribution in [0, 0.1) is 0 Å². The highest BCUT2D eigenvalue weighted by atomic mass is 127. The molecule has 1 nitrogen and oxygen atoms in total. The van der Waals surface area contributed by atoms with Crippen molar-refractivity contribution in [2.75, 3.05) is 18.1 Å². The highest BCUT2D eigenvalue weighted by Crippen LogP contribution is 2.13. The molecule has 116 valence electrons. The van der Waals surface area contributed by atoms with Gasteiger partial charge in [0.25, 0.3) is 0 Å². The van der Waals surface area contributed by atoms with E-state index in [1.54, 1.807) is 0 Å². The third-order valence-corrected chi connectivity index (χ3v) is 5.00. The van der Waals surface area contributed by atoms with E-state index in [2.05, 4.69) is 18.7 Å². The van der Waals surface area contributed by atoms with Crippen molar-refractivity contribution in [3.05, 3.63) is 0 Å². The number of rotatable bonds is 16. The summed E-state index contributed by atoms with van der Waals surface area (Å²) in [5.74, 6) is 2.77. The maximum Gasteiger partial charge on any atom is 0.109 e. The monoisotopic (exact) mass is 400 g/mol. The van der Waals surface area contributed by atoms with E-state index in [1.807, 2.05) is 23.0 Å². The van der Waals surface area contributed by atoms with Crippen molar-refractivity contribution in [3.63, 3.8) is 0 Å². The Morgan fingerprint density at radius 1 is 0.684 bits per heavy atom. The summed E-state index contributed by atoms with van der Waals surface area (Å²) in [7, 11) is 0. The number of halogens is 1. The van der Waals surface area contributed by atoms with Gasteiger partial charge in [-0.2, -0.15) is 11.8 Å². The molecule has 0 bridgehead atoms. The lowest BCUT2D eigenvalue weighted by molar-refractivity contribution is 0.400. The summed E-state index contributed by atoms with van der Waals surface area (Å²) in [6, 6.07) is 0. The summed E-state index contributed by atoms with van der Waals surface area (Å²) in [6.07, 6.45) is 16.8. The Hall–Kier alpha value is 1.04. The molecule has 0 aliphatic heterocycles. The van der Waals surface area contributed by atoms with Crippen molar-refractivity contribution >= 4 is 34.8 Å². The number of thioether (sulfide) groups is 1. The van der Waals surface area contributed by atoms with Crippen LogP contribution < -0.4 is 0 Å². The summed E-state index contributed by atoms with van der Waals surface area (Å²) in [6.45, 7) is 3.21. The quantitative estimate of drug-likeness (QED) is 0.208. The lowest BCUT2D eigenvalue weighted by atomic mass is 10.1. The van der Waals surface area contributed by atoms with Gasteiger partial charge >= 0.3 is 0 Å². The van der Waals surface area contributed by atoms with Gasteiger partial charge in [-0.15, -0.1) is 0 Å². The second kappa shape index (κ2) is 19.0. The molecule has 0 unspecified atom stereocenters. The minimum atomic E-state index is 0.925. The number of hydrogen-bond acceptors (Lipinski definition) is 2. The zero-order chi connectivity index (χ0) is 14.0. The second-order valence-corrected chi connectivity index (χ2v) is 7.16. The molecule has 0 amide bonds. The van der Waals surface area contributed by atoms with Gasteiger partial charge in [0.1, 0.15) is 23.0 Å². The van der Waals surface area contributed by atoms with Crippen molar-refractivity contribution in [2.45, 2.75) is 84.0 Å². The maximum atomic E-state index is 5.02. The van der Waals surface area contributed by atoms with Gasteiger partial charge < -0.3 is 3.07 Å². The van der Waals surface area contributed by atoms with Crippen LogP contribution in [0.3, 0.4) is 0 Å². The third kappa shape index (κ3) is 19.0. The summed E-state index contributed by atoms with van der Waals surface area (Å²) in [5, 5.41) is 0. The molecule has 0 heterocycles. The molecule has 0 N–H and O–H groups in total. The second-order valence-electron chi connectivity index (χ2n) is 5.31. The minimum absolute atomic E-state index is 0.925. The van der Waals surface area contributed by atoms with Crippen LogP contribution in [0.25, 0.3) is 0 Å². The van der Waals surface area contributed by atoms with Crippen LogP contribution in [-0.2, 0) is 3.07 Å². The maximum absolute atomic E-state index is 5.02. The fourth-order valence-electron chi connectivity index (χ4n) is 2.15. The van der Waals surface area contributed by atoms with E-state index >= 15 is 0 Å². The van der Waals surface area contributed by atoms with Crippen LogP contribution in [0.5, 0.6) is 0 Å². The van der Waals surface area contributed by atoms with E-state index in [1.165, 1.54) is 88.6 Å². The molecule has 0 saturated carbocycles. The molecule has 3 heteroatoms. The Bertz CT molecular complexity index is 140. The molecular formula is C16H33IOS. The van der Waals surface area contributed by atoms with Gasteiger partial charge in [0.15, 0.2) is 0 Å². The predicted octanol–water partition coefficient (Wildman–Crippen LogP) is 6.79. The van der Waals surface area contributed by atoms with Gasteiger partial charge in [0.2, 0.25) is 0 Å². The fourth-order valence-corrected chi connectivity index (χ4v) is 3.49. The van der Waals surface area contributed by atoms with Crippen LogP contribution in [0.4, 0.5) is 0 Å². The van der Waals surface area contributed by atoms with Crippen LogP contribution in [0.15, 0.2) is 0 Å². The van der Waals surface area contributed by atoms with E-state index in [9.17, 15) is 0 Å². The largest absolute Gasteiger partial charge is 0.316 e. The van der Waals surface area contributed by atoms with Gasteiger partial charge in [0, 0.05) is 0 Å². The minimum Gasteiger partial charge on any atom is -0.316 e. The molecule has 0 saturated heterocycles. The molecular weight excluding hydrogens is 367 g/mol. The predicted molar refractivity (Wildman–Crippen MR) is 98.4 cm³/mol. The zero-order valence-electron chi connectivity index (χ0n) is 12.8. The van der Waals surface area contributed by atoms with Crippen molar-refractivity contribution < 1.29 is 3.07 Å².